The van der Waals surface area contributed by atoms with Crippen LogP contribution in [-0.2, 0) is 0 Å². The predicted octanol–water partition coefficient (Wildman–Crippen LogP) is 4.24. The van der Waals surface area contributed by atoms with Gasteiger partial charge in [-0.3, -0.25) is 0 Å². The fraction of sp³-hybridized carbons (Fsp3) is 0.267. The number of carboxylic acid groups (broad SMARTS) is 1. The number of anilines is 1. The van der Waals surface area contributed by atoms with E-state index in [9.17, 15) is 4.79 Å². The van der Waals surface area contributed by atoms with Crippen LogP contribution in [0.15, 0.2) is 29.6 Å². The van der Waals surface area contributed by atoms with E-state index in [0.29, 0.717) is 5.56 Å². The van der Waals surface area contributed by atoms with Gasteiger partial charge in [-0.2, -0.15) is 0 Å². The molecule has 0 spiro atoms. The van der Waals surface area contributed by atoms with Crippen LogP contribution in [0.3, 0.4) is 0 Å². The van der Waals surface area contributed by atoms with Crippen LogP contribution in [0.2, 0.25) is 0 Å². The molecular formula is C15H17NO2S. The van der Waals surface area contributed by atoms with Gasteiger partial charge in [0.2, 0.25) is 0 Å². The number of rotatable bonds is 4. The Morgan fingerprint density at radius 2 is 2.00 bits per heavy atom. The van der Waals surface area contributed by atoms with Crippen LogP contribution < -0.4 is 5.32 Å². The molecule has 2 rings (SSSR count). The molecule has 3 nitrogen and oxygen atoms in total. The Kier molecular flexibility index (Phi) is 3.90. The van der Waals surface area contributed by atoms with Gasteiger partial charge in [-0.05, 0) is 61.5 Å². The van der Waals surface area contributed by atoms with E-state index in [0.717, 1.165) is 11.3 Å². The maximum Gasteiger partial charge on any atom is 0.335 e. The van der Waals surface area contributed by atoms with Gasteiger partial charge in [0.05, 0.1) is 11.6 Å². The first-order valence-corrected chi connectivity index (χ1v) is 7.01. The molecular weight excluding hydrogens is 258 g/mol. The minimum atomic E-state index is -0.892. The lowest BCUT2D eigenvalue weighted by atomic mass is 10.1. The second-order valence-electron chi connectivity index (χ2n) is 4.67. The third kappa shape index (κ3) is 2.96. The lowest BCUT2D eigenvalue weighted by Gasteiger charge is -2.17. The van der Waals surface area contributed by atoms with Gasteiger partial charge in [-0.15, -0.1) is 11.3 Å². The number of hydrogen-bond donors (Lipinski definition) is 2. The van der Waals surface area contributed by atoms with E-state index >= 15 is 0 Å². The Hall–Kier alpha value is -1.81. The average molecular weight is 275 g/mol. The molecule has 0 aliphatic rings. The first-order chi connectivity index (χ1) is 8.99. The Labute approximate surface area is 116 Å². The molecule has 0 radical (unpaired) electrons. The van der Waals surface area contributed by atoms with Crippen LogP contribution in [0.4, 0.5) is 5.69 Å². The molecule has 1 unspecified atom stereocenters. The topological polar surface area (TPSA) is 49.3 Å². The maximum absolute atomic E-state index is 10.9. The van der Waals surface area contributed by atoms with E-state index in [2.05, 4.69) is 30.6 Å². The van der Waals surface area contributed by atoms with E-state index in [-0.39, 0.29) is 6.04 Å². The maximum atomic E-state index is 10.9. The highest BCUT2D eigenvalue weighted by Gasteiger charge is 2.12. The number of aryl methyl sites for hydroxylation is 2. The van der Waals surface area contributed by atoms with Crippen molar-refractivity contribution in [1.29, 1.82) is 0 Å². The summed E-state index contributed by atoms with van der Waals surface area (Å²) in [6, 6.07) is 7.48. The number of nitrogens with one attached hydrogen (secondary N) is 1. The Balaban J connectivity index is 2.20. The van der Waals surface area contributed by atoms with Crippen molar-refractivity contribution in [3.05, 3.63) is 51.2 Å². The predicted molar refractivity (Wildman–Crippen MR) is 79.2 cm³/mol. The van der Waals surface area contributed by atoms with E-state index in [1.54, 1.807) is 23.5 Å². The Bertz CT molecular complexity index is 604. The van der Waals surface area contributed by atoms with Crippen LogP contribution in [0.5, 0.6) is 0 Å². The first-order valence-electron chi connectivity index (χ1n) is 6.13. The number of hydrogen-bond acceptors (Lipinski definition) is 3. The van der Waals surface area contributed by atoms with Crippen molar-refractivity contribution in [2.24, 2.45) is 0 Å². The molecule has 4 heteroatoms. The quantitative estimate of drug-likeness (QED) is 0.877. The van der Waals surface area contributed by atoms with Crippen LogP contribution in [0.25, 0.3) is 0 Å². The minimum Gasteiger partial charge on any atom is -0.478 e. The molecule has 0 bridgehead atoms. The summed E-state index contributed by atoms with van der Waals surface area (Å²) >= 11 is 1.73. The fourth-order valence-corrected chi connectivity index (χ4v) is 3.02. The lowest BCUT2D eigenvalue weighted by Crippen LogP contribution is -2.08. The van der Waals surface area contributed by atoms with Crippen molar-refractivity contribution < 1.29 is 9.90 Å². The number of benzene rings is 1. The highest BCUT2D eigenvalue weighted by molar-refractivity contribution is 7.10. The van der Waals surface area contributed by atoms with E-state index in [4.69, 9.17) is 5.11 Å². The summed E-state index contributed by atoms with van der Waals surface area (Å²) in [6.45, 7) is 6.14. The number of thiophene rings is 1. The normalized spacial score (nSPS) is 12.2. The van der Waals surface area contributed by atoms with Crippen molar-refractivity contribution in [3.8, 4) is 0 Å². The number of carbonyl (C=O) groups is 1. The van der Waals surface area contributed by atoms with Crippen molar-refractivity contribution in [2.75, 3.05) is 5.32 Å². The first kappa shape index (κ1) is 13.6. The molecule has 1 heterocycles. The van der Waals surface area contributed by atoms with Crippen LogP contribution in [0, 0.1) is 13.8 Å². The lowest BCUT2D eigenvalue weighted by molar-refractivity contribution is 0.0697. The van der Waals surface area contributed by atoms with Crippen molar-refractivity contribution in [1.82, 2.24) is 0 Å². The van der Waals surface area contributed by atoms with E-state index < -0.39 is 5.97 Å². The summed E-state index contributed by atoms with van der Waals surface area (Å²) < 4.78 is 0. The molecule has 0 amide bonds. The molecule has 0 aliphatic carbocycles. The molecule has 1 aromatic heterocycles. The molecule has 2 N–H and O–H groups in total. The molecule has 1 atom stereocenters. The van der Waals surface area contributed by atoms with Gasteiger partial charge >= 0.3 is 5.97 Å². The largest absolute Gasteiger partial charge is 0.478 e. The highest BCUT2D eigenvalue weighted by Crippen LogP contribution is 2.28. The summed E-state index contributed by atoms with van der Waals surface area (Å²) in [5.74, 6) is -0.892. The summed E-state index contributed by atoms with van der Waals surface area (Å²) in [5, 5.41) is 14.5. The zero-order chi connectivity index (χ0) is 14.0. The van der Waals surface area contributed by atoms with Crippen LogP contribution >= 0.6 is 11.3 Å². The Morgan fingerprint density at radius 3 is 2.53 bits per heavy atom. The summed E-state index contributed by atoms with van der Waals surface area (Å²) in [7, 11) is 0. The van der Waals surface area contributed by atoms with Crippen LogP contribution in [0.1, 0.15) is 39.3 Å². The summed E-state index contributed by atoms with van der Waals surface area (Å²) in [4.78, 5) is 12.2. The van der Waals surface area contributed by atoms with Crippen LogP contribution in [-0.4, -0.2) is 11.1 Å². The second-order valence-corrected chi connectivity index (χ2v) is 5.62. The van der Waals surface area contributed by atoms with Crippen molar-refractivity contribution in [2.45, 2.75) is 26.8 Å². The van der Waals surface area contributed by atoms with Gasteiger partial charge in [-0.25, -0.2) is 4.79 Å². The summed E-state index contributed by atoms with van der Waals surface area (Å²) in [6.07, 6.45) is 0. The number of aromatic carboxylic acids is 1. The molecule has 100 valence electrons. The van der Waals surface area contributed by atoms with E-state index in [1.807, 2.05) is 13.0 Å². The number of carboxylic acids is 1. The molecule has 19 heavy (non-hydrogen) atoms. The van der Waals surface area contributed by atoms with Gasteiger partial charge in [0, 0.05) is 10.6 Å². The van der Waals surface area contributed by atoms with Gasteiger partial charge in [0.15, 0.2) is 0 Å². The van der Waals surface area contributed by atoms with Gasteiger partial charge < -0.3 is 10.4 Å². The summed E-state index contributed by atoms with van der Waals surface area (Å²) in [5.41, 5.74) is 3.53. The second kappa shape index (κ2) is 5.45. The molecule has 1 aromatic carbocycles. The van der Waals surface area contributed by atoms with Gasteiger partial charge in [-0.1, -0.05) is 0 Å². The molecule has 0 saturated carbocycles. The van der Waals surface area contributed by atoms with E-state index in [1.165, 1.54) is 10.4 Å². The molecule has 0 fully saturated rings. The standard InChI is InChI=1S/C15H17NO2S/c1-9-6-7-19-14(9)11(3)16-13-5-4-12(15(17)18)8-10(13)2/h4-8,11,16H,1-3H3,(H,17,18). The average Bonchev–Trinajstić information content (AvgIpc) is 2.77. The van der Waals surface area contributed by atoms with Gasteiger partial charge in [0.1, 0.15) is 0 Å². The molecule has 0 aliphatic heterocycles. The third-order valence-corrected chi connectivity index (χ3v) is 4.34. The molecule has 0 saturated heterocycles. The van der Waals surface area contributed by atoms with Gasteiger partial charge in [0.25, 0.3) is 0 Å². The molecule has 2 aromatic rings. The zero-order valence-corrected chi connectivity index (χ0v) is 12.0. The smallest absolute Gasteiger partial charge is 0.335 e. The zero-order valence-electron chi connectivity index (χ0n) is 11.2. The van der Waals surface area contributed by atoms with Crippen molar-refractivity contribution in [3.63, 3.8) is 0 Å². The Morgan fingerprint density at radius 1 is 1.26 bits per heavy atom. The third-order valence-electron chi connectivity index (χ3n) is 3.14. The fourth-order valence-electron chi connectivity index (χ4n) is 2.09. The SMILES string of the molecule is Cc1cc(C(=O)O)ccc1NC(C)c1sccc1C. The minimum absolute atomic E-state index is 0.217. The van der Waals surface area contributed by atoms with Crippen molar-refractivity contribution >= 4 is 23.0 Å². The highest BCUT2D eigenvalue weighted by atomic mass is 32.1. The monoisotopic (exact) mass is 275 g/mol.